The highest BCUT2D eigenvalue weighted by Gasteiger charge is 1.98. The SMILES string of the molecule is N=C(N=CCCc1ccccc1)c1ccc(F)cc1. The molecule has 2 nitrogen and oxygen atoms in total. The normalized spacial score (nSPS) is 10.8. The van der Waals surface area contributed by atoms with Gasteiger partial charge in [0.1, 0.15) is 5.82 Å². The van der Waals surface area contributed by atoms with Crippen LogP contribution < -0.4 is 0 Å². The van der Waals surface area contributed by atoms with Gasteiger partial charge in [0.05, 0.1) is 0 Å². The summed E-state index contributed by atoms with van der Waals surface area (Å²) in [6.07, 6.45) is 3.42. The molecule has 0 aliphatic heterocycles. The van der Waals surface area contributed by atoms with Crippen molar-refractivity contribution in [2.45, 2.75) is 12.8 Å². The standard InChI is InChI=1S/C16H15FN2/c17-15-10-8-14(9-11-15)16(18)19-12-4-7-13-5-2-1-3-6-13/h1-3,5-6,8-12,18H,4,7H2. The molecular formula is C16H15FN2. The molecule has 0 atom stereocenters. The van der Waals surface area contributed by atoms with Crippen molar-refractivity contribution < 1.29 is 4.39 Å². The highest BCUT2D eigenvalue weighted by Crippen LogP contribution is 2.05. The van der Waals surface area contributed by atoms with Crippen LogP contribution in [0.3, 0.4) is 0 Å². The van der Waals surface area contributed by atoms with Gasteiger partial charge in [0.25, 0.3) is 0 Å². The number of rotatable bonds is 4. The lowest BCUT2D eigenvalue weighted by atomic mass is 10.1. The molecule has 3 heteroatoms. The minimum Gasteiger partial charge on any atom is -0.282 e. The summed E-state index contributed by atoms with van der Waals surface area (Å²) in [5.74, 6) is -0.141. The van der Waals surface area contributed by atoms with E-state index in [-0.39, 0.29) is 11.7 Å². The Labute approximate surface area is 112 Å². The number of aryl methyl sites for hydroxylation is 1. The lowest BCUT2D eigenvalue weighted by molar-refractivity contribution is 0.628. The van der Waals surface area contributed by atoms with E-state index in [1.165, 1.54) is 17.7 Å². The van der Waals surface area contributed by atoms with Gasteiger partial charge in [-0.3, -0.25) is 5.41 Å². The number of halogens is 1. The number of amidine groups is 1. The van der Waals surface area contributed by atoms with Gasteiger partial charge in [-0.2, -0.15) is 0 Å². The highest BCUT2D eigenvalue weighted by molar-refractivity contribution is 6.00. The summed E-state index contributed by atoms with van der Waals surface area (Å²) in [6, 6.07) is 15.9. The van der Waals surface area contributed by atoms with E-state index in [1.807, 2.05) is 18.2 Å². The Balaban J connectivity index is 1.85. The molecule has 1 N–H and O–H groups in total. The Hall–Kier alpha value is -2.29. The summed E-state index contributed by atoms with van der Waals surface area (Å²) in [7, 11) is 0. The van der Waals surface area contributed by atoms with E-state index < -0.39 is 0 Å². The predicted octanol–water partition coefficient (Wildman–Crippen LogP) is 3.85. The zero-order valence-corrected chi connectivity index (χ0v) is 10.5. The number of aliphatic imine (C=N–C) groups is 1. The molecule has 96 valence electrons. The van der Waals surface area contributed by atoms with Gasteiger partial charge >= 0.3 is 0 Å². The van der Waals surface area contributed by atoms with Crippen molar-refractivity contribution >= 4 is 12.1 Å². The topological polar surface area (TPSA) is 36.2 Å². The van der Waals surface area contributed by atoms with Gasteiger partial charge in [-0.25, -0.2) is 9.38 Å². The van der Waals surface area contributed by atoms with Crippen LogP contribution >= 0.6 is 0 Å². The summed E-state index contributed by atoms with van der Waals surface area (Å²) in [4.78, 5) is 4.08. The van der Waals surface area contributed by atoms with Gasteiger partial charge in [-0.15, -0.1) is 0 Å². The van der Waals surface area contributed by atoms with Gasteiger partial charge < -0.3 is 0 Å². The fourth-order valence-electron chi connectivity index (χ4n) is 1.71. The van der Waals surface area contributed by atoms with E-state index in [0.717, 1.165) is 12.8 Å². The first-order valence-electron chi connectivity index (χ1n) is 6.16. The molecule has 0 unspecified atom stereocenters. The minimum atomic E-state index is -0.301. The Kier molecular flexibility index (Phi) is 4.56. The molecule has 2 aromatic carbocycles. The summed E-state index contributed by atoms with van der Waals surface area (Å²) in [5, 5.41) is 7.76. The third-order valence-electron chi connectivity index (χ3n) is 2.74. The number of benzene rings is 2. The minimum absolute atomic E-state index is 0.160. The first-order valence-corrected chi connectivity index (χ1v) is 6.16. The molecule has 0 bridgehead atoms. The Bertz CT molecular complexity index is 559. The first-order chi connectivity index (χ1) is 9.25. The fourth-order valence-corrected chi connectivity index (χ4v) is 1.71. The van der Waals surface area contributed by atoms with Gasteiger partial charge in [0, 0.05) is 11.8 Å². The van der Waals surface area contributed by atoms with E-state index in [4.69, 9.17) is 5.41 Å². The van der Waals surface area contributed by atoms with Crippen LogP contribution in [0.5, 0.6) is 0 Å². The van der Waals surface area contributed by atoms with E-state index in [2.05, 4.69) is 17.1 Å². The van der Waals surface area contributed by atoms with Crippen LogP contribution in [0.25, 0.3) is 0 Å². The van der Waals surface area contributed by atoms with Crippen molar-refractivity contribution in [1.82, 2.24) is 0 Å². The summed E-state index contributed by atoms with van der Waals surface area (Å²) in [6.45, 7) is 0. The molecule has 0 radical (unpaired) electrons. The molecule has 0 saturated carbocycles. The predicted molar refractivity (Wildman–Crippen MR) is 76.5 cm³/mol. The lowest BCUT2D eigenvalue weighted by Crippen LogP contribution is -1.96. The number of nitrogens with zero attached hydrogens (tertiary/aromatic N) is 1. The van der Waals surface area contributed by atoms with Crippen molar-refractivity contribution in [2.75, 3.05) is 0 Å². The van der Waals surface area contributed by atoms with Gasteiger partial charge in [0.15, 0.2) is 5.84 Å². The van der Waals surface area contributed by atoms with Crippen molar-refractivity contribution in [1.29, 1.82) is 5.41 Å². The van der Waals surface area contributed by atoms with Crippen LogP contribution in [-0.2, 0) is 6.42 Å². The van der Waals surface area contributed by atoms with Crippen LogP contribution in [0.15, 0.2) is 59.6 Å². The zero-order valence-electron chi connectivity index (χ0n) is 10.5. The monoisotopic (exact) mass is 254 g/mol. The summed E-state index contributed by atoms with van der Waals surface area (Å²) < 4.78 is 12.7. The van der Waals surface area contributed by atoms with Crippen LogP contribution in [0.1, 0.15) is 17.5 Å². The van der Waals surface area contributed by atoms with Crippen molar-refractivity contribution in [3.8, 4) is 0 Å². The van der Waals surface area contributed by atoms with Crippen LogP contribution in [0.4, 0.5) is 4.39 Å². The zero-order chi connectivity index (χ0) is 13.5. The smallest absolute Gasteiger partial charge is 0.151 e. The quantitative estimate of drug-likeness (QED) is 0.635. The van der Waals surface area contributed by atoms with Crippen molar-refractivity contribution in [3.63, 3.8) is 0 Å². The van der Waals surface area contributed by atoms with Crippen LogP contribution in [0.2, 0.25) is 0 Å². The maximum atomic E-state index is 12.7. The maximum absolute atomic E-state index is 12.7. The Morgan fingerprint density at radius 1 is 1.05 bits per heavy atom. The number of nitrogens with one attached hydrogen (secondary N) is 1. The third-order valence-corrected chi connectivity index (χ3v) is 2.74. The molecule has 0 heterocycles. The molecule has 0 amide bonds. The van der Waals surface area contributed by atoms with Crippen LogP contribution in [-0.4, -0.2) is 12.1 Å². The average Bonchev–Trinajstić information content (AvgIpc) is 2.45. The third kappa shape index (κ3) is 4.14. The molecule has 0 spiro atoms. The molecule has 0 fully saturated rings. The van der Waals surface area contributed by atoms with Gasteiger partial charge in [-0.05, 0) is 42.7 Å². The van der Waals surface area contributed by atoms with Crippen molar-refractivity contribution in [3.05, 3.63) is 71.5 Å². The number of hydrogen-bond donors (Lipinski definition) is 1. The van der Waals surface area contributed by atoms with Crippen molar-refractivity contribution in [2.24, 2.45) is 4.99 Å². The van der Waals surface area contributed by atoms with E-state index in [9.17, 15) is 4.39 Å². The average molecular weight is 254 g/mol. The number of hydrogen-bond acceptors (Lipinski definition) is 1. The van der Waals surface area contributed by atoms with Crippen LogP contribution in [0, 0.1) is 11.2 Å². The largest absolute Gasteiger partial charge is 0.282 e. The summed E-state index contributed by atoms with van der Waals surface area (Å²) >= 11 is 0. The molecular weight excluding hydrogens is 239 g/mol. The fraction of sp³-hybridized carbons (Fsp3) is 0.125. The Morgan fingerprint density at radius 3 is 2.42 bits per heavy atom. The van der Waals surface area contributed by atoms with Gasteiger partial charge in [0.2, 0.25) is 0 Å². The Morgan fingerprint density at radius 2 is 1.74 bits per heavy atom. The molecule has 19 heavy (non-hydrogen) atoms. The van der Waals surface area contributed by atoms with Gasteiger partial charge in [-0.1, -0.05) is 30.3 Å². The molecule has 0 saturated heterocycles. The van der Waals surface area contributed by atoms with E-state index in [1.54, 1.807) is 18.3 Å². The maximum Gasteiger partial charge on any atom is 0.151 e. The molecule has 0 aliphatic carbocycles. The second kappa shape index (κ2) is 6.59. The first kappa shape index (κ1) is 13.1. The lowest BCUT2D eigenvalue weighted by Gasteiger charge is -1.98. The second-order valence-electron chi connectivity index (χ2n) is 4.19. The molecule has 0 aliphatic rings. The van der Waals surface area contributed by atoms with E-state index >= 15 is 0 Å². The molecule has 2 aromatic rings. The molecule has 2 rings (SSSR count). The second-order valence-corrected chi connectivity index (χ2v) is 4.19. The highest BCUT2D eigenvalue weighted by atomic mass is 19.1. The summed E-state index contributed by atoms with van der Waals surface area (Å²) in [5.41, 5.74) is 1.87. The van der Waals surface area contributed by atoms with E-state index in [0.29, 0.717) is 5.56 Å². The molecule has 0 aromatic heterocycles.